The highest BCUT2D eigenvalue weighted by molar-refractivity contribution is 7.16. The summed E-state index contributed by atoms with van der Waals surface area (Å²) in [6, 6.07) is 0. The fourth-order valence-electron chi connectivity index (χ4n) is 2.04. The number of hydrogen-bond donors (Lipinski definition) is 1. The van der Waals surface area contributed by atoms with E-state index in [1.807, 2.05) is 0 Å². The van der Waals surface area contributed by atoms with Gasteiger partial charge in [-0.1, -0.05) is 44.9 Å². The van der Waals surface area contributed by atoms with Gasteiger partial charge in [0.05, 0.1) is 0 Å². The van der Waals surface area contributed by atoms with Crippen LogP contribution < -0.4 is 5.32 Å². The van der Waals surface area contributed by atoms with Crippen LogP contribution in [0.2, 0.25) is 0 Å². The zero-order chi connectivity index (χ0) is 15.2. The van der Waals surface area contributed by atoms with Crippen LogP contribution in [-0.2, 0) is 11.2 Å². The van der Waals surface area contributed by atoms with Crippen LogP contribution in [0.4, 0.5) is 0 Å². The topological polar surface area (TPSA) is 72.2 Å². The van der Waals surface area contributed by atoms with Gasteiger partial charge in [-0.05, 0) is 6.42 Å². The minimum atomic E-state index is 0.0983. The van der Waals surface area contributed by atoms with Gasteiger partial charge in [0.25, 0.3) is 0 Å². The Labute approximate surface area is 129 Å². The van der Waals surface area contributed by atoms with Crippen molar-refractivity contribution in [3.05, 3.63) is 10.8 Å². The van der Waals surface area contributed by atoms with E-state index in [0.717, 1.165) is 35.2 Å². The standard InChI is InChI=1S/C14H23N5OS/c1-4-5-6-9-15-11(20)7-8-12-18-19-13(10(2)3)16-17-14(19)21-12/h10H,4-9H2,1-3H3,(H,15,20). The van der Waals surface area contributed by atoms with Gasteiger partial charge in [0.15, 0.2) is 5.82 Å². The molecule has 1 amide bonds. The van der Waals surface area contributed by atoms with Crippen molar-refractivity contribution in [2.45, 2.75) is 58.8 Å². The number of carbonyl (C=O) groups excluding carboxylic acids is 1. The number of hydrogen-bond acceptors (Lipinski definition) is 5. The van der Waals surface area contributed by atoms with Crippen molar-refractivity contribution < 1.29 is 4.79 Å². The Hall–Kier alpha value is -1.50. The van der Waals surface area contributed by atoms with Crippen molar-refractivity contribution in [2.75, 3.05) is 6.54 Å². The lowest BCUT2D eigenvalue weighted by Crippen LogP contribution is -2.24. The smallest absolute Gasteiger partial charge is 0.234 e. The van der Waals surface area contributed by atoms with Crippen LogP contribution in [0.3, 0.4) is 0 Å². The molecule has 2 heterocycles. The van der Waals surface area contributed by atoms with Gasteiger partial charge in [0, 0.05) is 25.3 Å². The molecule has 0 fully saturated rings. The fourth-order valence-corrected chi connectivity index (χ4v) is 2.88. The van der Waals surface area contributed by atoms with E-state index in [1.54, 1.807) is 4.52 Å². The normalized spacial score (nSPS) is 11.4. The lowest BCUT2D eigenvalue weighted by atomic mass is 10.2. The molecule has 0 saturated heterocycles. The summed E-state index contributed by atoms with van der Waals surface area (Å²) in [5, 5.41) is 16.6. The number of amides is 1. The average Bonchev–Trinajstić information content (AvgIpc) is 3.00. The van der Waals surface area contributed by atoms with Crippen molar-refractivity contribution in [3.8, 4) is 0 Å². The zero-order valence-corrected chi connectivity index (χ0v) is 13.7. The number of aryl methyl sites for hydroxylation is 1. The van der Waals surface area contributed by atoms with Crippen LogP contribution in [0.15, 0.2) is 0 Å². The first-order valence-electron chi connectivity index (χ1n) is 7.59. The molecule has 0 spiro atoms. The second-order valence-electron chi connectivity index (χ2n) is 5.46. The summed E-state index contributed by atoms with van der Waals surface area (Å²) in [4.78, 5) is 12.5. The van der Waals surface area contributed by atoms with Crippen molar-refractivity contribution >= 4 is 22.2 Å². The summed E-state index contributed by atoms with van der Waals surface area (Å²) >= 11 is 1.51. The minimum absolute atomic E-state index is 0.0983. The molecule has 0 radical (unpaired) electrons. The molecule has 2 aromatic heterocycles. The van der Waals surface area contributed by atoms with E-state index in [-0.39, 0.29) is 11.8 Å². The Balaban J connectivity index is 1.84. The summed E-state index contributed by atoms with van der Waals surface area (Å²) in [6.45, 7) is 7.06. The highest BCUT2D eigenvalue weighted by Crippen LogP contribution is 2.19. The maximum absolute atomic E-state index is 11.7. The van der Waals surface area contributed by atoms with Gasteiger partial charge in [-0.15, -0.1) is 10.2 Å². The van der Waals surface area contributed by atoms with Crippen LogP contribution in [0.25, 0.3) is 4.96 Å². The third-order valence-corrected chi connectivity index (χ3v) is 4.20. The summed E-state index contributed by atoms with van der Waals surface area (Å²) in [5.74, 6) is 1.26. The molecule has 0 atom stereocenters. The first kappa shape index (κ1) is 15.9. The maximum Gasteiger partial charge on any atom is 0.234 e. The molecule has 0 saturated carbocycles. The largest absolute Gasteiger partial charge is 0.356 e. The molecule has 0 aliphatic carbocycles. The molecular formula is C14H23N5OS. The molecule has 2 rings (SSSR count). The van der Waals surface area contributed by atoms with Gasteiger partial charge in [-0.25, -0.2) is 0 Å². The molecule has 0 aliphatic rings. The van der Waals surface area contributed by atoms with Crippen molar-refractivity contribution in [2.24, 2.45) is 0 Å². The molecule has 0 unspecified atom stereocenters. The number of carbonyl (C=O) groups is 1. The molecule has 116 valence electrons. The Morgan fingerprint density at radius 1 is 1.33 bits per heavy atom. The van der Waals surface area contributed by atoms with Gasteiger partial charge in [-0.2, -0.15) is 9.61 Å². The van der Waals surface area contributed by atoms with Gasteiger partial charge < -0.3 is 5.32 Å². The lowest BCUT2D eigenvalue weighted by Gasteiger charge is -2.03. The highest BCUT2D eigenvalue weighted by Gasteiger charge is 2.14. The molecular weight excluding hydrogens is 286 g/mol. The average molecular weight is 309 g/mol. The second kappa shape index (κ2) is 7.49. The summed E-state index contributed by atoms with van der Waals surface area (Å²) in [5.41, 5.74) is 0. The van der Waals surface area contributed by atoms with Crippen LogP contribution >= 0.6 is 11.3 Å². The molecule has 0 bridgehead atoms. The van der Waals surface area contributed by atoms with Crippen molar-refractivity contribution in [1.29, 1.82) is 0 Å². The Kier molecular flexibility index (Phi) is 5.67. The van der Waals surface area contributed by atoms with E-state index in [0.29, 0.717) is 12.8 Å². The molecule has 7 heteroatoms. The highest BCUT2D eigenvalue weighted by atomic mass is 32.1. The Morgan fingerprint density at radius 2 is 2.14 bits per heavy atom. The summed E-state index contributed by atoms with van der Waals surface area (Å²) < 4.78 is 1.80. The van der Waals surface area contributed by atoms with Gasteiger partial charge in [0.2, 0.25) is 10.9 Å². The number of aromatic nitrogens is 4. The van der Waals surface area contributed by atoms with Crippen molar-refractivity contribution in [3.63, 3.8) is 0 Å². The zero-order valence-electron chi connectivity index (χ0n) is 12.9. The molecule has 2 aromatic rings. The van der Waals surface area contributed by atoms with E-state index in [4.69, 9.17) is 0 Å². The SMILES string of the molecule is CCCCCNC(=O)CCc1nn2c(C(C)C)nnc2s1. The van der Waals surface area contributed by atoms with Crippen LogP contribution in [0.5, 0.6) is 0 Å². The van der Waals surface area contributed by atoms with Gasteiger partial charge >= 0.3 is 0 Å². The summed E-state index contributed by atoms with van der Waals surface area (Å²) in [6.07, 6.45) is 4.52. The third kappa shape index (κ3) is 4.23. The Bertz CT molecular complexity index is 589. The quantitative estimate of drug-likeness (QED) is 0.761. The maximum atomic E-state index is 11.7. The van der Waals surface area contributed by atoms with E-state index < -0.39 is 0 Å². The summed E-state index contributed by atoms with van der Waals surface area (Å²) in [7, 11) is 0. The number of fused-ring (bicyclic) bond motifs is 1. The number of nitrogens with zero attached hydrogens (tertiary/aromatic N) is 4. The second-order valence-corrected chi connectivity index (χ2v) is 6.50. The van der Waals surface area contributed by atoms with Crippen LogP contribution in [0.1, 0.15) is 63.2 Å². The number of nitrogens with one attached hydrogen (secondary N) is 1. The molecule has 6 nitrogen and oxygen atoms in total. The molecule has 0 aliphatic heterocycles. The predicted molar refractivity (Wildman–Crippen MR) is 83.6 cm³/mol. The van der Waals surface area contributed by atoms with E-state index in [9.17, 15) is 4.79 Å². The first-order chi connectivity index (χ1) is 10.1. The Morgan fingerprint density at radius 3 is 2.86 bits per heavy atom. The monoisotopic (exact) mass is 309 g/mol. The van der Waals surface area contributed by atoms with E-state index in [1.165, 1.54) is 17.8 Å². The van der Waals surface area contributed by atoms with E-state index >= 15 is 0 Å². The third-order valence-electron chi connectivity index (χ3n) is 3.24. The lowest BCUT2D eigenvalue weighted by molar-refractivity contribution is -0.121. The fraction of sp³-hybridized carbons (Fsp3) is 0.714. The predicted octanol–water partition coefficient (Wildman–Crippen LogP) is 2.55. The van der Waals surface area contributed by atoms with Crippen LogP contribution in [0, 0.1) is 0 Å². The number of unbranched alkanes of at least 4 members (excludes halogenated alkanes) is 2. The van der Waals surface area contributed by atoms with Crippen LogP contribution in [-0.4, -0.2) is 32.3 Å². The van der Waals surface area contributed by atoms with Crippen molar-refractivity contribution in [1.82, 2.24) is 25.1 Å². The molecule has 0 aromatic carbocycles. The van der Waals surface area contributed by atoms with Gasteiger partial charge in [0.1, 0.15) is 5.01 Å². The minimum Gasteiger partial charge on any atom is -0.356 e. The first-order valence-corrected chi connectivity index (χ1v) is 8.41. The molecule has 1 N–H and O–H groups in total. The molecule has 21 heavy (non-hydrogen) atoms. The number of rotatable bonds is 8. The van der Waals surface area contributed by atoms with Gasteiger partial charge in [-0.3, -0.25) is 4.79 Å². The van der Waals surface area contributed by atoms with E-state index in [2.05, 4.69) is 41.4 Å².